The van der Waals surface area contributed by atoms with E-state index in [1.807, 2.05) is 0 Å². The van der Waals surface area contributed by atoms with E-state index in [2.05, 4.69) is 44.5 Å². The van der Waals surface area contributed by atoms with E-state index in [4.69, 9.17) is 4.98 Å². The average molecular weight is 275 g/mol. The first-order chi connectivity index (χ1) is 9.39. The monoisotopic (exact) mass is 275 g/mol. The highest BCUT2D eigenvalue weighted by Gasteiger charge is 2.37. The van der Waals surface area contributed by atoms with Gasteiger partial charge in [0, 0.05) is 36.7 Å². The highest BCUT2D eigenvalue weighted by molar-refractivity contribution is 5.25. The summed E-state index contributed by atoms with van der Waals surface area (Å²) in [5, 5.41) is 3.47. The molecule has 1 N–H and O–H groups in total. The van der Waals surface area contributed by atoms with Crippen LogP contribution in [0.5, 0.6) is 0 Å². The summed E-state index contributed by atoms with van der Waals surface area (Å²) in [5.41, 5.74) is 2.94. The Hall–Kier alpha value is -0.830. The Morgan fingerprint density at radius 1 is 1.20 bits per heavy atom. The smallest absolute Gasteiger partial charge is 0.114 e. The highest BCUT2D eigenvalue weighted by Crippen LogP contribution is 2.43. The van der Waals surface area contributed by atoms with Gasteiger partial charge >= 0.3 is 0 Å². The molecule has 0 saturated heterocycles. The molecule has 3 nitrogen and oxygen atoms in total. The molecule has 3 heteroatoms. The molecule has 1 aliphatic heterocycles. The van der Waals surface area contributed by atoms with Crippen LogP contribution in [0.15, 0.2) is 0 Å². The lowest BCUT2D eigenvalue weighted by molar-refractivity contribution is 0.324. The number of imidazole rings is 1. The zero-order chi connectivity index (χ0) is 14.5. The van der Waals surface area contributed by atoms with Crippen molar-refractivity contribution >= 4 is 0 Å². The SMILES string of the molecule is CC1CCC(n2c(C(C)(C)C)nc3c2CCNC3)C1C. The first kappa shape index (κ1) is 14.1. The van der Waals surface area contributed by atoms with Crippen LogP contribution in [-0.4, -0.2) is 16.1 Å². The molecule has 0 radical (unpaired) electrons. The summed E-state index contributed by atoms with van der Waals surface area (Å²) in [7, 11) is 0. The molecule has 1 fully saturated rings. The van der Waals surface area contributed by atoms with Crippen molar-refractivity contribution in [2.24, 2.45) is 11.8 Å². The van der Waals surface area contributed by atoms with E-state index in [1.165, 1.54) is 30.1 Å². The first-order valence-corrected chi connectivity index (χ1v) is 8.20. The van der Waals surface area contributed by atoms with Gasteiger partial charge in [-0.3, -0.25) is 0 Å². The molecule has 1 aromatic rings. The fraction of sp³-hybridized carbons (Fsp3) is 0.824. The molecule has 0 aromatic carbocycles. The number of aromatic nitrogens is 2. The number of nitrogens with zero attached hydrogens (tertiary/aromatic N) is 2. The summed E-state index contributed by atoms with van der Waals surface area (Å²) in [6, 6.07) is 0.661. The third kappa shape index (κ3) is 2.20. The van der Waals surface area contributed by atoms with Crippen LogP contribution in [0.3, 0.4) is 0 Å². The minimum atomic E-state index is 0.128. The van der Waals surface area contributed by atoms with E-state index in [1.54, 1.807) is 0 Å². The van der Waals surface area contributed by atoms with E-state index >= 15 is 0 Å². The second-order valence-electron chi connectivity index (χ2n) is 7.86. The van der Waals surface area contributed by atoms with Gasteiger partial charge in [-0.15, -0.1) is 0 Å². The normalized spacial score (nSPS) is 30.6. The second-order valence-corrected chi connectivity index (χ2v) is 7.86. The number of hydrogen-bond acceptors (Lipinski definition) is 2. The van der Waals surface area contributed by atoms with Crippen LogP contribution in [-0.2, 0) is 18.4 Å². The molecule has 20 heavy (non-hydrogen) atoms. The van der Waals surface area contributed by atoms with Gasteiger partial charge in [0.2, 0.25) is 0 Å². The van der Waals surface area contributed by atoms with Crippen LogP contribution in [0.1, 0.15) is 70.7 Å². The highest BCUT2D eigenvalue weighted by atomic mass is 15.2. The van der Waals surface area contributed by atoms with Gasteiger partial charge in [0.1, 0.15) is 5.82 Å². The van der Waals surface area contributed by atoms with E-state index in [-0.39, 0.29) is 5.41 Å². The van der Waals surface area contributed by atoms with E-state index in [9.17, 15) is 0 Å². The first-order valence-electron chi connectivity index (χ1n) is 8.20. The number of hydrogen-bond donors (Lipinski definition) is 1. The maximum Gasteiger partial charge on any atom is 0.114 e. The minimum Gasteiger partial charge on any atom is -0.328 e. The molecular weight excluding hydrogens is 246 g/mol. The molecule has 1 saturated carbocycles. The van der Waals surface area contributed by atoms with Crippen LogP contribution in [0.4, 0.5) is 0 Å². The number of nitrogens with one attached hydrogen (secondary N) is 1. The molecule has 2 heterocycles. The maximum absolute atomic E-state index is 5.03. The summed E-state index contributed by atoms with van der Waals surface area (Å²) < 4.78 is 2.64. The quantitative estimate of drug-likeness (QED) is 0.851. The van der Waals surface area contributed by atoms with Crippen molar-refractivity contribution in [3.63, 3.8) is 0 Å². The van der Waals surface area contributed by atoms with Gasteiger partial charge < -0.3 is 9.88 Å². The molecule has 1 aliphatic carbocycles. The molecule has 0 amide bonds. The van der Waals surface area contributed by atoms with Crippen molar-refractivity contribution in [3.05, 3.63) is 17.2 Å². The molecule has 3 rings (SSSR count). The van der Waals surface area contributed by atoms with Crippen LogP contribution in [0.25, 0.3) is 0 Å². The van der Waals surface area contributed by atoms with Gasteiger partial charge in [-0.2, -0.15) is 0 Å². The zero-order valence-corrected chi connectivity index (χ0v) is 13.7. The predicted molar refractivity (Wildman–Crippen MR) is 82.9 cm³/mol. The number of rotatable bonds is 1. The standard InChI is InChI=1S/C17H29N3/c1-11-6-7-14(12(11)2)20-15-8-9-18-10-13(15)19-16(20)17(3,4)5/h11-12,14,18H,6-10H2,1-5H3. The van der Waals surface area contributed by atoms with E-state index < -0.39 is 0 Å². The van der Waals surface area contributed by atoms with Crippen molar-refractivity contribution in [2.45, 2.75) is 71.9 Å². The van der Waals surface area contributed by atoms with Crippen molar-refractivity contribution in [1.82, 2.24) is 14.9 Å². The fourth-order valence-electron chi connectivity index (χ4n) is 3.92. The third-order valence-corrected chi connectivity index (χ3v) is 5.35. The molecule has 0 spiro atoms. The van der Waals surface area contributed by atoms with Gasteiger partial charge in [-0.05, 0) is 24.7 Å². The Morgan fingerprint density at radius 3 is 2.55 bits per heavy atom. The summed E-state index contributed by atoms with van der Waals surface area (Å²) in [6.07, 6.45) is 3.82. The predicted octanol–water partition coefficient (Wildman–Crippen LogP) is 3.43. The zero-order valence-electron chi connectivity index (χ0n) is 13.7. The van der Waals surface area contributed by atoms with E-state index in [0.717, 1.165) is 31.3 Å². The van der Waals surface area contributed by atoms with Crippen LogP contribution >= 0.6 is 0 Å². The minimum absolute atomic E-state index is 0.128. The Morgan fingerprint density at radius 2 is 1.95 bits per heavy atom. The lowest BCUT2D eigenvalue weighted by Gasteiger charge is -2.29. The summed E-state index contributed by atoms with van der Waals surface area (Å²) >= 11 is 0. The van der Waals surface area contributed by atoms with Crippen LogP contribution in [0.2, 0.25) is 0 Å². The van der Waals surface area contributed by atoms with Gasteiger partial charge in [0.25, 0.3) is 0 Å². The third-order valence-electron chi connectivity index (χ3n) is 5.35. The van der Waals surface area contributed by atoms with Gasteiger partial charge in [0.05, 0.1) is 5.69 Å². The summed E-state index contributed by atoms with van der Waals surface area (Å²) in [4.78, 5) is 5.03. The van der Waals surface area contributed by atoms with Gasteiger partial charge in [0.15, 0.2) is 0 Å². The second kappa shape index (κ2) is 4.87. The van der Waals surface area contributed by atoms with E-state index in [0.29, 0.717) is 6.04 Å². The average Bonchev–Trinajstić information content (AvgIpc) is 2.91. The summed E-state index contributed by atoms with van der Waals surface area (Å²) in [6.45, 7) is 13.8. The van der Waals surface area contributed by atoms with Gasteiger partial charge in [-0.25, -0.2) is 4.98 Å². The lowest BCUT2D eigenvalue weighted by atomic mass is 9.93. The van der Waals surface area contributed by atoms with Crippen molar-refractivity contribution < 1.29 is 0 Å². The molecule has 2 aliphatic rings. The summed E-state index contributed by atoms with van der Waals surface area (Å²) in [5.74, 6) is 2.91. The fourth-order valence-corrected chi connectivity index (χ4v) is 3.92. The topological polar surface area (TPSA) is 29.9 Å². The molecular formula is C17H29N3. The van der Waals surface area contributed by atoms with Crippen molar-refractivity contribution in [1.29, 1.82) is 0 Å². The molecule has 3 atom stereocenters. The number of fused-ring (bicyclic) bond motifs is 1. The van der Waals surface area contributed by atoms with Crippen LogP contribution in [0, 0.1) is 11.8 Å². The molecule has 112 valence electrons. The maximum atomic E-state index is 5.03. The molecule has 3 unspecified atom stereocenters. The van der Waals surface area contributed by atoms with Crippen LogP contribution < -0.4 is 5.32 Å². The largest absolute Gasteiger partial charge is 0.328 e. The van der Waals surface area contributed by atoms with Gasteiger partial charge in [-0.1, -0.05) is 34.6 Å². The Bertz CT molecular complexity index is 495. The molecule has 0 bridgehead atoms. The Balaban J connectivity index is 2.10. The Labute approximate surface area is 123 Å². The Kier molecular flexibility index (Phi) is 3.44. The van der Waals surface area contributed by atoms with Crippen molar-refractivity contribution in [3.8, 4) is 0 Å². The van der Waals surface area contributed by atoms with Crippen molar-refractivity contribution in [2.75, 3.05) is 6.54 Å². The molecule has 1 aromatic heterocycles. The lowest BCUT2D eigenvalue weighted by Crippen LogP contribution is -2.28.